The zero-order chi connectivity index (χ0) is 32.4. The minimum Gasteiger partial charge on any atom is -0.497 e. The maximum Gasteiger partial charge on any atom is 0.330 e. The summed E-state index contributed by atoms with van der Waals surface area (Å²) in [7, 11) is 1.52. The molecule has 0 unspecified atom stereocenters. The number of alkyl halides is 2. The topological polar surface area (TPSA) is 90.0 Å². The molecule has 1 fully saturated rings. The van der Waals surface area contributed by atoms with E-state index in [1.165, 1.54) is 14.0 Å². The minimum atomic E-state index is -1.39. The first-order valence-electron chi connectivity index (χ1n) is 15.0. The van der Waals surface area contributed by atoms with Crippen molar-refractivity contribution in [1.29, 1.82) is 0 Å². The van der Waals surface area contributed by atoms with Crippen LogP contribution in [0.25, 0.3) is 0 Å². The van der Waals surface area contributed by atoms with Crippen molar-refractivity contribution in [2.75, 3.05) is 7.11 Å². The van der Waals surface area contributed by atoms with E-state index < -0.39 is 57.3 Å². The molecule has 8 rings (SSSR count). The van der Waals surface area contributed by atoms with Crippen molar-refractivity contribution >= 4 is 46.8 Å². The van der Waals surface area contributed by atoms with Gasteiger partial charge in [0.2, 0.25) is 17.6 Å². The fourth-order valence-electron chi connectivity index (χ4n) is 7.41. The number of carbonyl (C=O) groups excluding carboxylic acids is 4. The molecule has 0 radical (unpaired) electrons. The minimum absolute atomic E-state index is 0.0233. The maximum atomic E-state index is 14.6. The molecule has 232 valence electrons. The number of likely N-dealkylation sites (tertiary alicyclic amines) is 1. The molecule has 2 bridgehead atoms. The summed E-state index contributed by atoms with van der Waals surface area (Å²) in [6, 6.07) is 28.8. The van der Waals surface area contributed by atoms with Gasteiger partial charge in [0.1, 0.15) is 21.5 Å². The highest BCUT2D eigenvalue weighted by Gasteiger charge is 2.73. The van der Waals surface area contributed by atoms with Crippen LogP contribution in [0.15, 0.2) is 103 Å². The third-order valence-corrected chi connectivity index (χ3v) is 10.8. The molecule has 4 aliphatic rings. The highest BCUT2D eigenvalue weighted by molar-refractivity contribution is 6.36. The summed E-state index contributed by atoms with van der Waals surface area (Å²) in [4.78, 5) is 54.7. The first kappa shape index (κ1) is 30.2. The predicted molar refractivity (Wildman–Crippen MR) is 172 cm³/mol. The highest BCUT2D eigenvalue weighted by Crippen LogP contribution is 2.69. The monoisotopic (exact) mass is 653 g/mol. The van der Waals surface area contributed by atoms with E-state index in [1.807, 2.05) is 54.6 Å². The van der Waals surface area contributed by atoms with E-state index in [4.69, 9.17) is 32.7 Å². The van der Waals surface area contributed by atoms with Crippen LogP contribution in [0.3, 0.4) is 0 Å². The Balaban J connectivity index is 1.28. The number of amides is 2. The quantitative estimate of drug-likeness (QED) is 0.100. The summed E-state index contributed by atoms with van der Waals surface area (Å²) in [5.41, 5.74) is 3.67. The van der Waals surface area contributed by atoms with Crippen LogP contribution in [0.4, 0.5) is 0 Å². The fraction of sp³-hybridized carbons (Fsp3) is 0.243. The van der Waals surface area contributed by atoms with Crippen molar-refractivity contribution in [3.8, 4) is 5.75 Å². The first-order chi connectivity index (χ1) is 22.1. The van der Waals surface area contributed by atoms with Gasteiger partial charge in [-0.2, -0.15) is 0 Å². The Morgan fingerprint density at radius 2 is 1.20 bits per heavy atom. The lowest BCUT2D eigenvalue weighted by molar-refractivity contribution is -0.160. The van der Waals surface area contributed by atoms with Crippen LogP contribution in [-0.4, -0.2) is 47.7 Å². The maximum absolute atomic E-state index is 14.6. The molecule has 1 saturated heterocycles. The van der Waals surface area contributed by atoms with Crippen LogP contribution in [0.2, 0.25) is 0 Å². The molecule has 0 spiro atoms. The van der Waals surface area contributed by atoms with Crippen molar-refractivity contribution in [2.24, 2.45) is 11.8 Å². The first-order valence-corrected chi connectivity index (χ1v) is 15.7. The predicted octanol–water partition coefficient (Wildman–Crippen LogP) is 6.01. The number of ether oxygens (including phenoxy) is 2. The van der Waals surface area contributed by atoms with Gasteiger partial charge in [0.05, 0.1) is 18.9 Å². The average Bonchev–Trinajstić information content (AvgIpc) is 3.36. The molecular weight excluding hydrogens is 625 g/mol. The Labute approximate surface area is 276 Å². The molecule has 7 nitrogen and oxygen atoms in total. The summed E-state index contributed by atoms with van der Waals surface area (Å²) < 4.78 is 10.9. The molecule has 1 heterocycles. The van der Waals surface area contributed by atoms with Gasteiger partial charge in [-0.3, -0.25) is 19.3 Å². The van der Waals surface area contributed by atoms with Crippen LogP contribution in [0.1, 0.15) is 45.1 Å². The summed E-state index contributed by atoms with van der Waals surface area (Å²) in [6.45, 7) is 1.46. The van der Waals surface area contributed by atoms with Crippen molar-refractivity contribution in [3.05, 3.63) is 137 Å². The zero-order valence-electron chi connectivity index (χ0n) is 25.0. The van der Waals surface area contributed by atoms with Crippen LogP contribution in [-0.2, 0) is 35.3 Å². The normalized spacial score (nSPS) is 25.3. The number of benzene rings is 4. The van der Waals surface area contributed by atoms with E-state index in [-0.39, 0.29) is 6.42 Å². The van der Waals surface area contributed by atoms with Gasteiger partial charge in [0.15, 0.2) is 6.10 Å². The average molecular weight is 655 g/mol. The molecule has 0 saturated carbocycles. The van der Waals surface area contributed by atoms with Gasteiger partial charge in [0.25, 0.3) is 0 Å². The van der Waals surface area contributed by atoms with Crippen molar-refractivity contribution in [2.45, 2.75) is 35.2 Å². The number of esters is 1. The van der Waals surface area contributed by atoms with Gasteiger partial charge in [-0.1, -0.05) is 78.9 Å². The van der Waals surface area contributed by atoms with E-state index in [2.05, 4.69) is 0 Å². The van der Waals surface area contributed by atoms with E-state index in [9.17, 15) is 19.2 Å². The number of hydrogen-bond acceptors (Lipinski definition) is 6. The molecule has 9 heteroatoms. The number of imide groups is 1. The molecule has 0 aromatic heterocycles. The molecule has 4 aromatic rings. The Hall–Kier alpha value is -4.46. The van der Waals surface area contributed by atoms with E-state index >= 15 is 0 Å². The molecule has 4 atom stereocenters. The van der Waals surface area contributed by atoms with Crippen molar-refractivity contribution < 1.29 is 28.7 Å². The highest BCUT2D eigenvalue weighted by atomic mass is 35.5. The second-order valence-electron chi connectivity index (χ2n) is 11.9. The summed E-state index contributed by atoms with van der Waals surface area (Å²) in [6.07, 6.45) is -1.22. The summed E-state index contributed by atoms with van der Waals surface area (Å²) in [5.74, 6) is -4.11. The molecule has 4 aromatic carbocycles. The Morgan fingerprint density at radius 1 is 0.739 bits per heavy atom. The third-order valence-electron chi connectivity index (χ3n) is 9.51. The van der Waals surface area contributed by atoms with Crippen LogP contribution >= 0.6 is 23.2 Å². The fourth-order valence-corrected chi connectivity index (χ4v) is 8.51. The van der Waals surface area contributed by atoms with E-state index in [1.54, 1.807) is 48.5 Å². The second-order valence-corrected chi connectivity index (χ2v) is 13.1. The molecule has 2 amide bonds. The smallest absolute Gasteiger partial charge is 0.330 e. The number of ketones is 1. The second kappa shape index (κ2) is 11.1. The number of Topliss-reactive ketones (excluding diaryl/α,β-unsaturated/α-hetero) is 1. The molecule has 46 heavy (non-hydrogen) atoms. The van der Waals surface area contributed by atoms with Crippen molar-refractivity contribution in [1.82, 2.24) is 4.90 Å². The van der Waals surface area contributed by atoms with Crippen LogP contribution in [0, 0.1) is 11.8 Å². The molecular formula is C37H29Cl2NO6. The standard InChI is InChI=1S/C37H29Cl2NO6/c1-21(32(41)23-16-18-24(45-2)19-17-23)46-35(44)29(20-22-10-4-3-5-11-22)40-33(42)30-31(34(40)43)37(39)26-13-7-6-12-25(26)36(30,38)27-14-8-9-15-28(27)37/h3-19,21,29-31H,20H2,1-2H3/t21-,29+,30-,31+,36?,37?/m0/s1. The lowest BCUT2D eigenvalue weighted by atomic mass is 9.54. The van der Waals surface area contributed by atoms with Gasteiger partial charge in [-0.15, -0.1) is 23.2 Å². The number of nitrogens with zero attached hydrogens (tertiary/aromatic N) is 1. The number of methoxy groups -OCH3 is 1. The summed E-state index contributed by atoms with van der Waals surface area (Å²) >= 11 is 15.2. The largest absolute Gasteiger partial charge is 0.497 e. The van der Waals surface area contributed by atoms with E-state index in [0.29, 0.717) is 39.1 Å². The van der Waals surface area contributed by atoms with E-state index in [0.717, 1.165) is 4.90 Å². The van der Waals surface area contributed by atoms with Gasteiger partial charge >= 0.3 is 5.97 Å². The van der Waals surface area contributed by atoms with Crippen LogP contribution < -0.4 is 4.74 Å². The number of rotatable bonds is 8. The molecule has 0 N–H and O–H groups in total. The molecule has 1 aliphatic heterocycles. The van der Waals surface area contributed by atoms with Gasteiger partial charge in [0, 0.05) is 12.0 Å². The number of carbonyl (C=O) groups is 4. The van der Waals surface area contributed by atoms with Gasteiger partial charge in [-0.25, -0.2) is 4.79 Å². The lowest BCUT2D eigenvalue weighted by Crippen LogP contribution is -2.57. The number of hydrogen-bond donors (Lipinski definition) is 0. The van der Waals surface area contributed by atoms with Crippen LogP contribution in [0.5, 0.6) is 5.75 Å². The summed E-state index contributed by atoms with van der Waals surface area (Å²) in [5, 5.41) is 0. The van der Waals surface area contributed by atoms with Gasteiger partial charge < -0.3 is 9.47 Å². The zero-order valence-corrected chi connectivity index (χ0v) is 26.5. The number of halogens is 2. The Kier molecular flexibility index (Phi) is 7.29. The third kappa shape index (κ3) is 4.25. The van der Waals surface area contributed by atoms with Gasteiger partial charge in [-0.05, 0) is 59.0 Å². The lowest BCUT2D eigenvalue weighted by Gasteiger charge is -2.54. The molecule has 3 aliphatic carbocycles. The SMILES string of the molecule is COc1ccc(C(=O)[C@H](C)OC(=O)[C@@H](Cc2ccccc2)N2C(=O)[C@@H]3[C@H](C2=O)C2(Cl)c4ccccc4C3(Cl)c3ccccc32)cc1. The Bertz CT molecular complexity index is 1770. The Morgan fingerprint density at radius 3 is 1.65 bits per heavy atom. The van der Waals surface area contributed by atoms with Crippen molar-refractivity contribution in [3.63, 3.8) is 0 Å².